The van der Waals surface area contributed by atoms with E-state index in [0.717, 1.165) is 0 Å². The van der Waals surface area contributed by atoms with Gasteiger partial charge in [0, 0.05) is 0 Å². The van der Waals surface area contributed by atoms with Crippen molar-refractivity contribution in [3.8, 4) is 0 Å². The molecule has 0 aliphatic carbocycles. The first-order chi connectivity index (χ1) is 12.7. The molecule has 3 aromatic carbocycles. The molecule has 0 saturated heterocycles. The lowest BCUT2D eigenvalue weighted by Crippen LogP contribution is -2.44. The van der Waals surface area contributed by atoms with Crippen molar-refractivity contribution in [2.45, 2.75) is 6.92 Å². The van der Waals surface area contributed by atoms with E-state index in [1.807, 2.05) is 0 Å². The highest BCUT2D eigenvalue weighted by atomic mass is 31.1. The Hall–Kier alpha value is -2.11. The Balaban J connectivity index is 2.23. The van der Waals surface area contributed by atoms with Crippen LogP contribution in [0.3, 0.4) is 0 Å². The second-order valence-electron chi connectivity index (χ2n) is 7.05. The zero-order valence-electron chi connectivity index (χ0n) is 15.9. The molecule has 0 heterocycles. The molecule has 0 aromatic heterocycles. The maximum atomic E-state index is 2.36. The van der Waals surface area contributed by atoms with E-state index in [2.05, 4.69) is 111 Å². The van der Waals surface area contributed by atoms with Crippen LogP contribution in [0.15, 0.2) is 96.6 Å². The van der Waals surface area contributed by atoms with Gasteiger partial charge in [-0.3, -0.25) is 0 Å². The first-order valence-electron chi connectivity index (χ1n) is 9.16. The maximum absolute atomic E-state index is 2.36. The molecule has 0 spiro atoms. The largest absolute Gasteiger partial charge is 0.241 e. The smallest absolute Gasteiger partial charge is 0.109 e. The Labute approximate surface area is 159 Å². The number of hydrogen-bond acceptors (Lipinski definition) is 0. The highest BCUT2D eigenvalue weighted by Crippen LogP contribution is 2.32. The topological polar surface area (TPSA) is 0 Å². The SMILES string of the molecule is C/C(CP(C)C)=C(/B(c1ccccc1)c1ccccc1)c1ccccc1. The summed E-state index contributed by atoms with van der Waals surface area (Å²) < 4.78 is 0. The Morgan fingerprint density at radius 3 is 1.54 bits per heavy atom. The third-order valence-corrected chi connectivity index (χ3v) is 5.76. The summed E-state index contributed by atoms with van der Waals surface area (Å²) in [7, 11) is 0.0169. The predicted octanol–water partition coefficient (Wildman–Crippen LogP) is 5.05. The molecule has 3 rings (SSSR count). The fourth-order valence-electron chi connectivity index (χ4n) is 3.65. The second-order valence-corrected chi connectivity index (χ2v) is 9.53. The molecular formula is C24H26BP. The van der Waals surface area contributed by atoms with Crippen molar-refractivity contribution in [2.24, 2.45) is 0 Å². The third-order valence-electron chi connectivity index (χ3n) is 4.65. The molecule has 0 atom stereocenters. The van der Waals surface area contributed by atoms with Crippen LogP contribution >= 0.6 is 7.92 Å². The number of allylic oxidation sites excluding steroid dienone is 1. The minimum absolute atomic E-state index is 0.0169. The number of benzene rings is 3. The molecule has 130 valence electrons. The van der Waals surface area contributed by atoms with Gasteiger partial charge in [-0.1, -0.05) is 113 Å². The Kier molecular flexibility index (Phi) is 6.48. The fourth-order valence-corrected chi connectivity index (χ4v) is 4.77. The predicted molar refractivity (Wildman–Crippen MR) is 121 cm³/mol. The summed E-state index contributed by atoms with van der Waals surface area (Å²) in [6.45, 7) is 7.31. The van der Waals surface area contributed by atoms with Crippen LogP contribution in [0.5, 0.6) is 0 Å². The van der Waals surface area contributed by atoms with Crippen molar-refractivity contribution in [3.05, 3.63) is 102 Å². The minimum atomic E-state index is 0.0169. The van der Waals surface area contributed by atoms with E-state index in [-0.39, 0.29) is 14.6 Å². The van der Waals surface area contributed by atoms with Crippen LogP contribution in [0.4, 0.5) is 0 Å². The number of rotatable bonds is 6. The quantitative estimate of drug-likeness (QED) is 0.428. The molecule has 0 amide bonds. The lowest BCUT2D eigenvalue weighted by atomic mass is 9.34. The monoisotopic (exact) mass is 356 g/mol. The van der Waals surface area contributed by atoms with Gasteiger partial charge in [-0.25, -0.2) is 0 Å². The van der Waals surface area contributed by atoms with Crippen molar-refractivity contribution in [1.29, 1.82) is 0 Å². The van der Waals surface area contributed by atoms with Crippen molar-refractivity contribution in [1.82, 2.24) is 0 Å². The summed E-state index contributed by atoms with van der Waals surface area (Å²) in [6, 6.07) is 32.7. The summed E-state index contributed by atoms with van der Waals surface area (Å²) in [5, 5.41) is 0. The first kappa shape index (κ1) is 18.7. The summed E-state index contributed by atoms with van der Waals surface area (Å²) in [4.78, 5) is 0. The van der Waals surface area contributed by atoms with Crippen LogP contribution in [-0.4, -0.2) is 26.2 Å². The first-order valence-corrected chi connectivity index (χ1v) is 11.6. The molecular weight excluding hydrogens is 330 g/mol. The van der Waals surface area contributed by atoms with Crippen LogP contribution in [-0.2, 0) is 0 Å². The third kappa shape index (κ3) is 4.54. The molecule has 0 aliphatic rings. The average Bonchev–Trinajstić information content (AvgIpc) is 2.67. The summed E-state index contributed by atoms with van der Waals surface area (Å²) in [6.07, 6.45) is 1.18. The Morgan fingerprint density at radius 2 is 1.12 bits per heavy atom. The molecule has 0 bridgehead atoms. The van der Waals surface area contributed by atoms with Crippen LogP contribution in [0.25, 0.3) is 5.47 Å². The van der Waals surface area contributed by atoms with E-state index in [4.69, 9.17) is 0 Å². The minimum Gasteiger partial charge on any atom is -0.109 e. The molecule has 0 radical (unpaired) electrons. The summed E-state index contributed by atoms with van der Waals surface area (Å²) in [5.74, 6) is 0. The van der Waals surface area contributed by atoms with Gasteiger partial charge < -0.3 is 0 Å². The molecule has 2 heteroatoms. The van der Waals surface area contributed by atoms with Gasteiger partial charge in [-0.05, 0) is 32.0 Å². The normalized spacial score (nSPS) is 12.0. The van der Waals surface area contributed by atoms with Gasteiger partial charge in [-0.15, -0.1) is 7.92 Å². The second kappa shape index (κ2) is 9.01. The van der Waals surface area contributed by atoms with Crippen molar-refractivity contribution < 1.29 is 0 Å². The molecule has 3 aromatic rings. The molecule has 0 nitrogen and oxygen atoms in total. The Morgan fingerprint density at radius 1 is 0.692 bits per heavy atom. The van der Waals surface area contributed by atoms with E-state index < -0.39 is 0 Å². The number of hydrogen-bond donors (Lipinski definition) is 0. The van der Waals surface area contributed by atoms with Gasteiger partial charge in [0.1, 0.15) is 0 Å². The van der Waals surface area contributed by atoms with E-state index in [1.54, 1.807) is 0 Å². The molecule has 0 saturated carbocycles. The van der Waals surface area contributed by atoms with Gasteiger partial charge in [0.2, 0.25) is 6.71 Å². The zero-order chi connectivity index (χ0) is 18.4. The van der Waals surface area contributed by atoms with E-state index in [1.165, 1.54) is 33.7 Å². The van der Waals surface area contributed by atoms with Gasteiger partial charge in [0.15, 0.2) is 0 Å². The molecule has 26 heavy (non-hydrogen) atoms. The summed E-state index contributed by atoms with van der Waals surface area (Å²) in [5.41, 5.74) is 7.01. The van der Waals surface area contributed by atoms with Crippen molar-refractivity contribution in [3.63, 3.8) is 0 Å². The maximum Gasteiger partial charge on any atom is 0.241 e. The van der Waals surface area contributed by atoms with Crippen molar-refractivity contribution >= 4 is 31.0 Å². The van der Waals surface area contributed by atoms with Crippen LogP contribution < -0.4 is 10.9 Å². The standard InChI is InChI=1S/C24H26BP/c1-20(19-26(2)3)24(21-13-7-4-8-14-21)25(22-15-9-5-10-16-22)23-17-11-6-12-18-23/h4-18H,19H2,1-3H3/b24-20-. The molecule has 0 unspecified atom stereocenters. The van der Waals surface area contributed by atoms with E-state index in [0.29, 0.717) is 0 Å². The van der Waals surface area contributed by atoms with E-state index >= 15 is 0 Å². The summed E-state index contributed by atoms with van der Waals surface area (Å²) >= 11 is 0. The lowest BCUT2D eigenvalue weighted by Gasteiger charge is -2.23. The zero-order valence-corrected chi connectivity index (χ0v) is 16.8. The highest BCUT2D eigenvalue weighted by molar-refractivity contribution is 7.56. The highest BCUT2D eigenvalue weighted by Gasteiger charge is 2.26. The average molecular weight is 356 g/mol. The lowest BCUT2D eigenvalue weighted by molar-refractivity contribution is 1.41. The van der Waals surface area contributed by atoms with E-state index in [9.17, 15) is 0 Å². The van der Waals surface area contributed by atoms with Crippen molar-refractivity contribution in [2.75, 3.05) is 19.5 Å². The molecule has 0 fully saturated rings. The van der Waals surface area contributed by atoms with Gasteiger partial charge in [0.05, 0.1) is 0 Å². The van der Waals surface area contributed by atoms with Crippen LogP contribution in [0.1, 0.15) is 12.5 Å². The van der Waals surface area contributed by atoms with Gasteiger partial charge in [-0.2, -0.15) is 0 Å². The van der Waals surface area contributed by atoms with Crippen LogP contribution in [0, 0.1) is 0 Å². The molecule has 0 N–H and O–H groups in total. The van der Waals surface area contributed by atoms with Gasteiger partial charge >= 0.3 is 0 Å². The van der Waals surface area contributed by atoms with Crippen LogP contribution in [0.2, 0.25) is 0 Å². The Bertz CT molecular complexity index is 800. The fraction of sp³-hybridized carbons (Fsp3) is 0.167. The molecule has 0 aliphatic heterocycles. The van der Waals surface area contributed by atoms with Gasteiger partial charge in [0.25, 0.3) is 0 Å².